The Morgan fingerprint density at radius 1 is 1.40 bits per heavy atom. The van der Waals surface area contributed by atoms with Gasteiger partial charge in [-0.25, -0.2) is 0 Å². The first-order valence-electron chi connectivity index (χ1n) is 5.92. The third-order valence-electron chi connectivity index (χ3n) is 2.63. The van der Waals surface area contributed by atoms with Crippen LogP contribution in [0.3, 0.4) is 0 Å². The van der Waals surface area contributed by atoms with Crippen molar-refractivity contribution in [3.05, 3.63) is 35.4 Å². The molecule has 0 saturated heterocycles. The molecule has 7 heteroatoms. The van der Waals surface area contributed by atoms with Crippen LogP contribution in [0.15, 0.2) is 24.3 Å². The summed E-state index contributed by atoms with van der Waals surface area (Å²) >= 11 is 0. The van der Waals surface area contributed by atoms with E-state index in [1.807, 2.05) is 0 Å². The van der Waals surface area contributed by atoms with Crippen LogP contribution in [-0.2, 0) is 22.3 Å². The number of nitrogens with zero attached hydrogens (tertiary/aromatic N) is 1. The molecule has 4 nitrogen and oxygen atoms in total. The predicted octanol–water partition coefficient (Wildman–Crippen LogP) is 2.24. The molecule has 112 valence electrons. The first-order chi connectivity index (χ1) is 9.32. The number of hydrogen-bond acceptors (Lipinski definition) is 3. The number of carboxylic acid groups (broad SMARTS) is 1. The van der Waals surface area contributed by atoms with Crippen molar-refractivity contribution in [1.29, 1.82) is 0 Å². The van der Waals surface area contributed by atoms with Gasteiger partial charge in [-0.15, -0.1) is 0 Å². The van der Waals surface area contributed by atoms with Crippen molar-refractivity contribution in [3.8, 4) is 0 Å². The molecule has 1 rings (SSSR count). The summed E-state index contributed by atoms with van der Waals surface area (Å²) < 4.78 is 42.6. The molecule has 0 spiro atoms. The summed E-state index contributed by atoms with van der Waals surface area (Å²) in [4.78, 5) is 12.2. The highest BCUT2D eigenvalue weighted by Gasteiger charge is 2.30. The van der Waals surface area contributed by atoms with Gasteiger partial charge in [0.2, 0.25) is 0 Å². The van der Waals surface area contributed by atoms with E-state index < -0.39 is 17.7 Å². The molecular weight excluding hydrogens is 275 g/mol. The SMILES string of the molecule is COCCN(CC(=O)O)Cc1cccc(C(F)(F)F)c1. The zero-order chi connectivity index (χ0) is 15.2. The average Bonchev–Trinajstić information content (AvgIpc) is 2.34. The number of rotatable bonds is 7. The summed E-state index contributed by atoms with van der Waals surface area (Å²) in [5.74, 6) is -1.03. The van der Waals surface area contributed by atoms with Crippen molar-refractivity contribution < 1.29 is 27.8 Å². The molecule has 1 aromatic carbocycles. The Hall–Kier alpha value is -1.60. The Kier molecular flexibility index (Phi) is 5.97. The van der Waals surface area contributed by atoms with E-state index in [0.29, 0.717) is 18.7 Å². The number of ether oxygens (including phenoxy) is 1. The molecule has 0 aliphatic heterocycles. The quantitative estimate of drug-likeness (QED) is 0.837. The maximum absolute atomic E-state index is 12.6. The molecule has 20 heavy (non-hydrogen) atoms. The largest absolute Gasteiger partial charge is 0.480 e. The standard InChI is InChI=1S/C13H16F3NO3/c1-20-6-5-17(9-12(18)19)8-10-3-2-4-11(7-10)13(14,15)16/h2-4,7H,5-6,8-9H2,1H3,(H,18,19). The van der Waals surface area contributed by atoms with Crippen molar-refractivity contribution in [2.45, 2.75) is 12.7 Å². The van der Waals surface area contributed by atoms with E-state index in [0.717, 1.165) is 12.1 Å². The van der Waals surface area contributed by atoms with Crippen LogP contribution in [-0.4, -0.2) is 42.8 Å². The Labute approximate surface area is 114 Å². The highest BCUT2D eigenvalue weighted by atomic mass is 19.4. The van der Waals surface area contributed by atoms with E-state index in [2.05, 4.69) is 0 Å². The van der Waals surface area contributed by atoms with Crippen molar-refractivity contribution in [3.63, 3.8) is 0 Å². The van der Waals surface area contributed by atoms with Gasteiger partial charge >= 0.3 is 12.1 Å². The highest BCUT2D eigenvalue weighted by Crippen LogP contribution is 2.29. The number of aliphatic carboxylic acids is 1. The van der Waals surface area contributed by atoms with Crippen LogP contribution < -0.4 is 0 Å². The molecule has 0 fully saturated rings. The van der Waals surface area contributed by atoms with Gasteiger partial charge in [-0.2, -0.15) is 13.2 Å². The number of halogens is 3. The third kappa shape index (κ3) is 5.58. The number of alkyl halides is 3. The molecule has 0 aromatic heterocycles. The van der Waals surface area contributed by atoms with E-state index in [1.54, 1.807) is 0 Å². The molecule has 0 unspecified atom stereocenters. The van der Waals surface area contributed by atoms with Crippen LogP contribution in [0.1, 0.15) is 11.1 Å². The van der Waals surface area contributed by atoms with Crippen molar-refractivity contribution >= 4 is 5.97 Å². The lowest BCUT2D eigenvalue weighted by Gasteiger charge is -2.20. The minimum absolute atomic E-state index is 0.125. The van der Waals surface area contributed by atoms with E-state index in [-0.39, 0.29) is 13.1 Å². The summed E-state index contributed by atoms with van der Waals surface area (Å²) in [6, 6.07) is 4.87. The number of methoxy groups -OCH3 is 1. The second-order valence-electron chi connectivity index (χ2n) is 4.30. The van der Waals surface area contributed by atoms with Crippen LogP contribution >= 0.6 is 0 Å². The van der Waals surface area contributed by atoms with Gasteiger partial charge < -0.3 is 9.84 Å². The van der Waals surface area contributed by atoms with E-state index >= 15 is 0 Å². The van der Waals surface area contributed by atoms with Gasteiger partial charge in [0.25, 0.3) is 0 Å². The average molecular weight is 291 g/mol. The number of carboxylic acids is 1. The number of hydrogen-bond donors (Lipinski definition) is 1. The zero-order valence-electron chi connectivity index (χ0n) is 11.0. The monoisotopic (exact) mass is 291 g/mol. The van der Waals surface area contributed by atoms with Gasteiger partial charge in [0.05, 0.1) is 18.7 Å². The molecule has 1 N–H and O–H groups in total. The van der Waals surface area contributed by atoms with Gasteiger partial charge in [0.1, 0.15) is 0 Å². The number of benzene rings is 1. The van der Waals surface area contributed by atoms with Gasteiger partial charge in [0, 0.05) is 20.2 Å². The normalized spacial score (nSPS) is 11.8. The lowest BCUT2D eigenvalue weighted by Crippen LogP contribution is -2.32. The van der Waals surface area contributed by atoms with Gasteiger partial charge in [-0.1, -0.05) is 18.2 Å². The zero-order valence-corrected chi connectivity index (χ0v) is 11.0. The Bertz CT molecular complexity index is 449. The fraction of sp³-hybridized carbons (Fsp3) is 0.462. The third-order valence-corrected chi connectivity index (χ3v) is 2.63. The summed E-state index contributed by atoms with van der Waals surface area (Å²) in [5.41, 5.74) is -0.325. The van der Waals surface area contributed by atoms with E-state index in [1.165, 1.54) is 24.1 Å². The molecule has 0 aliphatic rings. The van der Waals surface area contributed by atoms with E-state index in [4.69, 9.17) is 9.84 Å². The molecule has 0 heterocycles. The number of carbonyl (C=O) groups is 1. The van der Waals surface area contributed by atoms with Crippen molar-refractivity contribution in [2.75, 3.05) is 26.8 Å². The molecule has 0 radical (unpaired) electrons. The van der Waals surface area contributed by atoms with Gasteiger partial charge in [-0.05, 0) is 11.6 Å². The fourth-order valence-corrected chi connectivity index (χ4v) is 1.73. The van der Waals surface area contributed by atoms with Crippen LogP contribution in [0.25, 0.3) is 0 Å². The van der Waals surface area contributed by atoms with Crippen LogP contribution in [0.2, 0.25) is 0 Å². The minimum Gasteiger partial charge on any atom is -0.480 e. The summed E-state index contributed by atoms with van der Waals surface area (Å²) in [6.07, 6.45) is -4.40. The van der Waals surface area contributed by atoms with Gasteiger partial charge in [0.15, 0.2) is 0 Å². The molecule has 0 saturated carbocycles. The highest BCUT2D eigenvalue weighted by molar-refractivity contribution is 5.69. The van der Waals surface area contributed by atoms with Crippen LogP contribution in [0.5, 0.6) is 0 Å². The van der Waals surface area contributed by atoms with Crippen LogP contribution in [0, 0.1) is 0 Å². The Balaban J connectivity index is 2.79. The molecule has 1 aromatic rings. The van der Waals surface area contributed by atoms with Crippen molar-refractivity contribution in [1.82, 2.24) is 4.90 Å². The Morgan fingerprint density at radius 2 is 2.10 bits per heavy atom. The molecular formula is C13H16F3NO3. The van der Waals surface area contributed by atoms with Crippen LogP contribution in [0.4, 0.5) is 13.2 Å². The van der Waals surface area contributed by atoms with E-state index in [9.17, 15) is 18.0 Å². The molecule has 0 bridgehead atoms. The summed E-state index contributed by atoms with van der Waals surface area (Å²) in [5, 5.41) is 8.78. The lowest BCUT2D eigenvalue weighted by atomic mass is 10.1. The molecule has 0 aliphatic carbocycles. The summed E-state index contributed by atoms with van der Waals surface area (Å²) in [6.45, 7) is 0.518. The second kappa shape index (κ2) is 7.25. The fourth-order valence-electron chi connectivity index (χ4n) is 1.73. The first kappa shape index (κ1) is 16.5. The molecule has 0 atom stereocenters. The lowest BCUT2D eigenvalue weighted by molar-refractivity contribution is -0.139. The maximum atomic E-state index is 12.6. The smallest absolute Gasteiger partial charge is 0.416 e. The topological polar surface area (TPSA) is 49.8 Å². The van der Waals surface area contributed by atoms with Gasteiger partial charge in [-0.3, -0.25) is 9.69 Å². The maximum Gasteiger partial charge on any atom is 0.416 e. The Morgan fingerprint density at radius 3 is 2.65 bits per heavy atom. The van der Waals surface area contributed by atoms with Crippen molar-refractivity contribution in [2.24, 2.45) is 0 Å². The predicted molar refractivity (Wildman–Crippen MR) is 66.2 cm³/mol. The second-order valence-corrected chi connectivity index (χ2v) is 4.30. The first-order valence-corrected chi connectivity index (χ1v) is 5.92. The molecule has 0 amide bonds. The summed E-state index contributed by atoms with van der Waals surface area (Å²) in [7, 11) is 1.48. The minimum atomic E-state index is -4.40.